The molecule has 0 bridgehead atoms. The minimum Gasteiger partial charge on any atom is -0.490 e. The van der Waals surface area contributed by atoms with E-state index >= 15 is 0 Å². The van der Waals surface area contributed by atoms with Gasteiger partial charge in [0.1, 0.15) is 11.9 Å². The molecule has 1 saturated heterocycles. The van der Waals surface area contributed by atoms with Gasteiger partial charge >= 0.3 is 0 Å². The fourth-order valence-corrected chi connectivity index (χ4v) is 3.14. The topological polar surface area (TPSA) is 49.8 Å². The zero-order valence-corrected chi connectivity index (χ0v) is 14.6. The highest BCUT2D eigenvalue weighted by Crippen LogP contribution is 2.22. The lowest BCUT2D eigenvalue weighted by atomic mass is 10.0. The molecule has 0 aliphatic carbocycles. The van der Waals surface area contributed by atoms with Gasteiger partial charge in [0, 0.05) is 25.9 Å². The van der Waals surface area contributed by atoms with Gasteiger partial charge in [-0.3, -0.25) is 4.79 Å². The normalized spacial score (nSPS) is 15.2. The van der Waals surface area contributed by atoms with E-state index in [-0.39, 0.29) is 18.6 Å². The van der Waals surface area contributed by atoms with Crippen molar-refractivity contribution < 1.29 is 14.6 Å². The van der Waals surface area contributed by atoms with Crippen LogP contribution >= 0.6 is 0 Å². The number of hydrogen-bond donors (Lipinski definition) is 1. The van der Waals surface area contributed by atoms with Gasteiger partial charge in [0.2, 0.25) is 5.91 Å². The summed E-state index contributed by atoms with van der Waals surface area (Å²) in [5.41, 5.74) is 3.00. The molecular formula is C21H25NO3. The van der Waals surface area contributed by atoms with Crippen LogP contribution in [0.25, 0.3) is 0 Å². The van der Waals surface area contributed by atoms with E-state index in [2.05, 4.69) is 13.0 Å². The molecule has 1 heterocycles. The van der Waals surface area contributed by atoms with Crippen molar-refractivity contribution in [3.63, 3.8) is 0 Å². The molecule has 132 valence electrons. The average molecular weight is 339 g/mol. The third-order valence-electron chi connectivity index (χ3n) is 4.74. The molecule has 1 fully saturated rings. The van der Waals surface area contributed by atoms with Crippen molar-refractivity contribution in [3.8, 4) is 5.75 Å². The van der Waals surface area contributed by atoms with Crippen LogP contribution < -0.4 is 4.74 Å². The molecule has 25 heavy (non-hydrogen) atoms. The van der Waals surface area contributed by atoms with Gasteiger partial charge in [0.05, 0.1) is 13.0 Å². The molecule has 1 amide bonds. The highest BCUT2D eigenvalue weighted by atomic mass is 16.5. The minimum absolute atomic E-state index is 0.0304. The summed E-state index contributed by atoms with van der Waals surface area (Å²) < 4.78 is 6.10. The maximum Gasteiger partial charge on any atom is 0.226 e. The maximum absolute atomic E-state index is 12.5. The molecule has 4 nitrogen and oxygen atoms in total. The van der Waals surface area contributed by atoms with Crippen LogP contribution in [0, 0.1) is 6.92 Å². The Morgan fingerprint density at radius 3 is 2.36 bits per heavy atom. The zero-order valence-electron chi connectivity index (χ0n) is 14.6. The first-order valence-corrected chi connectivity index (χ1v) is 8.84. The summed E-state index contributed by atoms with van der Waals surface area (Å²) in [6.07, 6.45) is 2.32. The van der Waals surface area contributed by atoms with E-state index in [9.17, 15) is 4.79 Å². The van der Waals surface area contributed by atoms with E-state index in [0.717, 1.165) is 48.4 Å². The summed E-state index contributed by atoms with van der Waals surface area (Å²) in [6.45, 7) is 3.56. The number of piperidine rings is 1. The maximum atomic E-state index is 12.5. The molecule has 0 atom stereocenters. The van der Waals surface area contributed by atoms with Crippen molar-refractivity contribution in [2.45, 2.75) is 38.9 Å². The van der Waals surface area contributed by atoms with Crippen molar-refractivity contribution in [3.05, 3.63) is 65.2 Å². The van der Waals surface area contributed by atoms with Crippen LogP contribution in [-0.4, -0.2) is 35.1 Å². The Balaban J connectivity index is 1.49. The molecule has 0 spiro atoms. The molecular weight excluding hydrogens is 314 g/mol. The van der Waals surface area contributed by atoms with Crippen molar-refractivity contribution >= 4 is 5.91 Å². The number of ether oxygens (including phenoxy) is 1. The number of rotatable bonds is 5. The highest BCUT2D eigenvalue weighted by Gasteiger charge is 2.24. The number of aliphatic hydroxyl groups excluding tert-OH is 1. The summed E-state index contributed by atoms with van der Waals surface area (Å²) in [7, 11) is 0. The van der Waals surface area contributed by atoms with E-state index in [1.165, 1.54) is 0 Å². The standard InChI is InChI=1S/C21H25NO3/c1-16-4-2-3-5-20(16)25-19-10-12-22(13-11-19)21(24)14-17-6-8-18(15-23)9-7-17/h2-9,19,23H,10-15H2,1H3. The van der Waals surface area contributed by atoms with E-state index in [4.69, 9.17) is 9.84 Å². The van der Waals surface area contributed by atoms with Gasteiger partial charge in [-0.1, -0.05) is 42.5 Å². The third kappa shape index (κ3) is 4.60. The van der Waals surface area contributed by atoms with E-state index < -0.39 is 0 Å². The molecule has 4 heteroatoms. The molecule has 0 unspecified atom stereocenters. The number of carbonyl (C=O) groups is 1. The van der Waals surface area contributed by atoms with Crippen molar-refractivity contribution in [1.29, 1.82) is 0 Å². The Labute approximate surface area is 149 Å². The number of aliphatic hydroxyl groups is 1. The van der Waals surface area contributed by atoms with Crippen molar-refractivity contribution in [1.82, 2.24) is 4.90 Å². The zero-order chi connectivity index (χ0) is 17.6. The Hall–Kier alpha value is -2.33. The van der Waals surface area contributed by atoms with Crippen LogP contribution in [0.1, 0.15) is 29.5 Å². The first-order chi connectivity index (χ1) is 12.2. The van der Waals surface area contributed by atoms with Crippen molar-refractivity contribution in [2.24, 2.45) is 0 Å². The number of likely N-dealkylation sites (tertiary alicyclic amines) is 1. The number of aryl methyl sites for hydroxylation is 1. The molecule has 1 aliphatic rings. The molecule has 0 saturated carbocycles. The quantitative estimate of drug-likeness (QED) is 0.911. The number of benzene rings is 2. The van der Waals surface area contributed by atoms with Crippen molar-refractivity contribution in [2.75, 3.05) is 13.1 Å². The second-order valence-corrected chi connectivity index (χ2v) is 6.61. The molecule has 1 N–H and O–H groups in total. The Bertz CT molecular complexity index is 703. The van der Waals surface area contributed by atoms with Crippen LogP contribution in [0.4, 0.5) is 0 Å². The molecule has 1 aliphatic heterocycles. The minimum atomic E-state index is 0.0304. The smallest absolute Gasteiger partial charge is 0.226 e. The predicted molar refractivity (Wildman–Crippen MR) is 97.5 cm³/mol. The number of hydrogen-bond acceptors (Lipinski definition) is 3. The molecule has 3 rings (SSSR count). The first-order valence-electron chi connectivity index (χ1n) is 8.84. The fraction of sp³-hybridized carbons (Fsp3) is 0.381. The van der Waals surface area contributed by atoms with E-state index in [1.807, 2.05) is 47.4 Å². The lowest BCUT2D eigenvalue weighted by Crippen LogP contribution is -2.42. The van der Waals surface area contributed by atoms with Gasteiger partial charge in [0.25, 0.3) is 0 Å². The number of amides is 1. The first kappa shape index (κ1) is 17.5. The fourth-order valence-electron chi connectivity index (χ4n) is 3.14. The molecule has 2 aromatic rings. The SMILES string of the molecule is Cc1ccccc1OC1CCN(C(=O)Cc2ccc(CO)cc2)CC1. The predicted octanol–water partition coefficient (Wildman–Crippen LogP) is 3.10. The second-order valence-electron chi connectivity index (χ2n) is 6.61. The molecule has 2 aromatic carbocycles. The molecule has 0 aromatic heterocycles. The van der Waals surface area contributed by atoms with Crippen LogP contribution in [0.5, 0.6) is 5.75 Å². The van der Waals surface area contributed by atoms with Gasteiger partial charge in [-0.05, 0) is 29.7 Å². The number of nitrogens with zero attached hydrogens (tertiary/aromatic N) is 1. The summed E-state index contributed by atoms with van der Waals surface area (Å²) in [5, 5.41) is 9.07. The van der Waals surface area contributed by atoms with E-state index in [1.54, 1.807) is 0 Å². The van der Waals surface area contributed by atoms with Crippen LogP contribution in [0.3, 0.4) is 0 Å². The Morgan fingerprint density at radius 1 is 1.08 bits per heavy atom. The van der Waals surface area contributed by atoms with Crippen LogP contribution in [0.2, 0.25) is 0 Å². The Morgan fingerprint density at radius 2 is 1.72 bits per heavy atom. The van der Waals surface area contributed by atoms with Gasteiger partial charge in [0.15, 0.2) is 0 Å². The average Bonchev–Trinajstić information content (AvgIpc) is 2.65. The van der Waals surface area contributed by atoms with E-state index in [0.29, 0.717) is 6.42 Å². The van der Waals surface area contributed by atoms with Gasteiger partial charge < -0.3 is 14.7 Å². The summed E-state index contributed by atoms with van der Waals surface area (Å²) in [6, 6.07) is 15.6. The summed E-state index contributed by atoms with van der Waals surface area (Å²) in [5.74, 6) is 1.10. The third-order valence-corrected chi connectivity index (χ3v) is 4.74. The Kier molecular flexibility index (Phi) is 5.71. The van der Waals surface area contributed by atoms with Gasteiger partial charge in [-0.15, -0.1) is 0 Å². The van der Waals surface area contributed by atoms with Crippen LogP contribution in [0.15, 0.2) is 48.5 Å². The number of carbonyl (C=O) groups excluding carboxylic acids is 1. The number of para-hydroxylation sites is 1. The lowest BCUT2D eigenvalue weighted by Gasteiger charge is -2.32. The largest absolute Gasteiger partial charge is 0.490 e. The lowest BCUT2D eigenvalue weighted by molar-refractivity contribution is -0.132. The summed E-state index contributed by atoms with van der Waals surface area (Å²) >= 11 is 0. The van der Waals surface area contributed by atoms with Gasteiger partial charge in [-0.25, -0.2) is 0 Å². The van der Waals surface area contributed by atoms with Gasteiger partial charge in [-0.2, -0.15) is 0 Å². The highest BCUT2D eigenvalue weighted by molar-refractivity contribution is 5.78. The second kappa shape index (κ2) is 8.17. The summed E-state index contributed by atoms with van der Waals surface area (Å²) in [4.78, 5) is 14.4. The monoisotopic (exact) mass is 339 g/mol. The molecule has 0 radical (unpaired) electrons. The van der Waals surface area contributed by atoms with Crippen LogP contribution in [-0.2, 0) is 17.8 Å².